The average molecular weight is 355 g/mol. The monoisotopic (exact) mass is 355 g/mol. The number of pyridine rings is 2. The van der Waals surface area contributed by atoms with Gasteiger partial charge < -0.3 is 4.57 Å². The van der Waals surface area contributed by atoms with Crippen LogP contribution in [0.5, 0.6) is 0 Å². The molecule has 0 bridgehead atoms. The lowest BCUT2D eigenvalue weighted by Gasteiger charge is -2.02. The van der Waals surface area contributed by atoms with Crippen LogP contribution in [0.4, 0.5) is 14.7 Å². The Morgan fingerprint density at radius 2 is 2.04 bits per heavy atom. The van der Waals surface area contributed by atoms with Crippen molar-refractivity contribution in [3.8, 4) is 11.1 Å². The van der Waals surface area contributed by atoms with Gasteiger partial charge in [0, 0.05) is 29.7 Å². The molecule has 0 atom stereocenters. The Bertz CT molecular complexity index is 1090. The molecule has 0 spiro atoms. The summed E-state index contributed by atoms with van der Waals surface area (Å²) in [7, 11) is 0. The van der Waals surface area contributed by atoms with Crippen LogP contribution in [0.25, 0.3) is 16.8 Å². The topological polar surface area (TPSA) is 90.0 Å². The first-order valence-corrected chi connectivity index (χ1v) is 7.53. The predicted octanol–water partition coefficient (Wildman–Crippen LogP) is 1.90. The van der Waals surface area contributed by atoms with Crippen molar-refractivity contribution in [2.45, 2.75) is 6.54 Å². The van der Waals surface area contributed by atoms with Crippen molar-refractivity contribution in [3.63, 3.8) is 0 Å². The lowest BCUT2D eigenvalue weighted by molar-refractivity contribution is -0.116. The minimum atomic E-state index is -0.918. The molecule has 26 heavy (non-hydrogen) atoms. The summed E-state index contributed by atoms with van der Waals surface area (Å²) in [5.74, 6) is -2.01. The maximum atomic E-state index is 13.8. The van der Waals surface area contributed by atoms with Crippen LogP contribution in [-0.2, 0) is 11.3 Å². The second-order valence-electron chi connectivity index (χ2n) is 5.41. The zero-order chi connectivity index (χ0) is 18.1. The number of fused-ring (bicyclic) bond motifs is 1. The Morgan fingerprint density at radius 1 is 1.15 bits per heavy atom. The molecule has 0 aliphatic rings. The minimum Gasteiger partial charge on any atom is -0.328 e. The highest BCUT2D eigenvalue weighted by Crippen LogP contribution is 2.22. The first kappa shape index (κ1) is 15.8. The number of imidazole rings is 1. The number of carbonyl (C=O) groups excluding carboxylic acids is 1. The summed E-state index contributed by atoms with van der Waals surface area (Å²) >= 11 is 0. The van der Waals surface area contributed by atoms with E-state index >= 15 is 0 Å². The van der Waals surface area contributed by atoms with Gasteiger partial charge in [0.15, 0.2) is 5.65 Å². The SMILES string of the molecule is O=C(Cn1ccnc1)Nc1nc2ccc(-c3ccc(F)nc3F)cn2n1. The zero-order valence-corrected chi connectivity index (χ0v) is 13.2. The van der Waals surface area contributed by atoms with Gasteiger partial charge in [-0.15, -0.1) is 5.10 Å². The van der Waals surface area contributed by atoms with Crippen LogP contribution in [-0.4, -0.2) is 35.0 Å². The molecule has 4 heterocycles. The smallest absolute Gasteiger partial charge is 0.249 e. The standard InChI is InChI=1S/C16H11F2N7O/c17-12-3-2-11(15(18)20-12)10-1-4-13-21-16(23-25(13)7-10)22-14(26)8-24-6-5-19-9-24/h1-7,9H,8H2,(H,22,23,26). The molecule has 4 aromatic heterocycles. The molecular formula is C16H11F2N7O. The summed E-state index contributed by atoms with van der Waals surface area (Å²) in [4.78, 5) is 23.2. The zero-order valence-electron chi connectivity index (χ0n) is 13.2. The van der Waals surface area contributed by atoms with Crippen LogP contribution >= 0.6 is 0 Å². The van der Waals surface area contributed by atoms with Crippen molar-refractivity contribution in [3.05, 3.63) is 61.1 Å². The Balaban J connectivity index is 1.58. The Hall–Kier alpha value is -3.69. The number of nitrogens with one attached hydrogen (secondary N) is 1. The van der Waals surface area contributed by atoms with Crippen molar-refractivity contribution in [2.24, 2.45) is 0 Å². The fraction of sp³-hybridized carbons (Fsp3) is 0.0625. The maximum Gasteiger partial charge on any atom is 0.249 e. The molecule has 10 heteroatoms. The second-order valence-corrected chi connectivity index (χ2v) is 5.41. The van der Waals surface area contributed by atoms with Gasteiger partial charge in [-0.3, -0.25) is 10.1 Å². The molecule has 0 fully saturated rings. The van der Waals surface area contributed by atoms with E-state index in [-0.39, 0.29) is 24.0 Å². The van der Waals surface area contributed by atoms with Crippen LogP contribution in [0.15, 0.2) is 49.2 Å². The molecular weight excluding hydrogens is 344 g/mol. The van der Waals surface area contributed by atoms with Crippen LogP contribution in [0.3, 0.4) is 0 Å². The van der Waals surface area contributed by atoms with Crippen molar-refractivity contribution in [1.82, 2.24) is 29.1 Å². The van der Waals surface area contributed by atoms with E-state index in [4.69, 9.17) is 0 Å². The fourth-order valence-electron chi connectivity index (χ4n) is 2.43. The highest BCUT2D eigenvalue weighted by Gasteiger charge is 2.12. The number of carbonyl (C=O) groups is 1. The van der Waals surface area contributed by atoms with E-state index in [1.807, 2.05) is 0 Å². The van der Waals surface area contributed by atoms with E-state index in [1.54, 1.807) is 29.1 Å². The molecule has 1 amide bonds. The summed E-state index contributed by atoms with van der Waals surface area (Å²) in [6.07, 6.45) is 6.27. The van der Waals surface area contributed by atoms with Gasteiger partial charge in [-0.1, -0.05) is 0 Å². The van der Waals surface area contributed by atoms with Gasteiger partial charge in [0.05, 0.1) is 6.33 Å². The van der Waals surface area contributed by atoms with E-state index in [0.717, 1.165) is 6.07 Å². The molecule has 4 aromatic rings. The first-order chi connectivity index (χ1) is 12.6. The molecule has 0 aromatic carbocycles. The molecule has 4 rings (SSSR count). The minimum absolute atomic E-state index is 0.0766. The summed E-state index contributed by atoms with van der Waals surface area (Å²) in [5, 5.41) is 6.73. The van der Waals surface area contributed by atoms with Crippen LogP contribution in [0, 0.1) is 11.9 Å². The van der Waals surface area contributed by atoms with Gasteiger partial charge in [-0.2, -0.15) is 18.7 Å². The summed E-state index contributed by atoms with van der Waals surface area (Å²) in [5.41, 5.74) is 1.04. The quantitative estimate of drug-likeness (QED) is 0.565. The molecule has 0 unspecified atom stereocenters. The number of hydrogen-bond donors (Lipinski definition) is 1. The molecule has 0 saturated carbocycles. The number of anilines is 1. The van der Waals surface area contributed by atoms with Gasteiger partial charge in [-0.05, 0) is 24.3 Å². The normalized spacial score (nSPS) is 11.0. The van der Waals surface area contributed by atoms with Crippen molar-refractivity contribution >= 4 is 17.5 Å². The molecule has 1 N–H and O–H groups in total. The lowest BCUT2D eigenvalue weighted by atomic mass is 10.1. The maximum absolute atomic E-state index is 13.8. The van der Waals surface area contributed by atoms with Gasteiger partial charge in [0.1, 0.15) is 6.54 Å². The number of rotatable bonds is 4. The summed E-state index contributed by atoms with van der Waals surface area (Å²) < 4.78 is 29.8. The second kappa shape index (κ2) is 6.31. The van der Waals surface area contributed by atoms with Gasteiger partial charge in [0.2, 0.25) is 23.8 Å². The summed E-state index contributed by atoms with van der Waals surface area (Å²) in [6, 6.07) is 5.59. The van der Waals surface area contributed by atoms with Crippen LogP contribution < -0.4 is 5.32 Å². The number of nitrogens with zero attached hydrogens (tertiary/aromatic N) is 6. The summed E-state index contributed by atoms with van der Waals surface area (Å²) in [6.45, 7) is 0.0766. The number of halogens is 2. The van der Waals surface area contributed by atoms with Crippen molar-refractivity contribution < 1.29 is 13.6 Å². The average Bonchev–Trinajstić information content (AvgIpc) is 3.23. The molecule has 0 aliphatic heterocycles. The van der Waals surface area contributed by atoms with Gasteiger partial charge in [-0.25, -0.2) is 9.50 Å². The highest BCUT2D eigenvalue weighted by molar-refractivity contribution is 5.89. The molecule has 0 aliphatic carbocycles. The van der Waals surface area contributed by atoms with Crippen LogP contribution in [0.2, 0.25) is 0 Å². The third kappa shape index (κ3) is 3.11. The highest BCUT2D eigenvalue weighted by atomic mass is 19.1. The van der Waals surface area contributed by atoms with Gasteiger partial charge >= 0.3 is 0 Å². The van der Waals surface area contributed by atoms with Gasteiger partial charge in [0.25, 0.3) is 0 Å². The number of hydrogen-bond acceptors (Lipinski definition) is 5. The Kier molecular flexibility index (Phi) is 3.84. The number of amides is 1. The largest absolute Gasteiger partial charge is 0.328 e. The molecule has 0 saturated heterocycles. The third-order valence-corrected chi connectivity index (χ3v) is 3.59. The Labute approximate surface area is 145 Å². The van der Waals surface area contributed by atoms with E-state index in [0.29, 0.717) is 11.2 Å². The van der Waals surface area contributed by atoms with E-state index < -0.39 is 11.9 Å². The van der Waals surface area contributed by atoms with E-state index in [1.165, 1.54) is 23.1 Å². The lowest BCUT2D eigenvalue weighted by Crippen LogP contribution is -2.18. The third-order valence-electron chi connectivity index (χ3n) is 3.59. The van der Waals surface area contributed by atoms with Crippen molar-refractivity contribution in [1.29, 1.82) is 0 Å². The predicted molar refractivity (Wildman–Crippen MR) is 87.0 cm³/mol. The number of aromatic nitrogens is 6. The molecule has 130 valence electrons. The molecule has 8 nitrogen and oxygen atoms in total. The first-order valence-electron chi connectivity index (χ1n) is 7.53. The van der Waals surface area contributed by atoms with E-state index in [9.17, 15) is 13.6 Å². The Morgan fingerprint density at radius 3 is 2.81 bits per heavy atom. The molecule has 0 radical (unpaired) electrons. The van der Waals surface area contributed by atoms with Crippen LogP contribution in [0.1, 0.15) is 0 Å². The van der Waals surface area contributed by atoms with Crippen molar-refractivity contribution in [2.75, 3.05) is 5.32 Å². The fourth-order valence-corrected chi connectivity index (χ4v) is 2.43. The van der Waals surface area contributed by atoms with E-state index in [2.05, 4.69) is 25.4 Å².